The summed E-state index contributed by atoms with van der Waals surface area (Å²) in [5.41, 5.74) is 1.80. The average molecular weight is 444 g/mol. The first kappa shape index (κ1) is 20.6. The molecule has 9 heteroatoms. The number of esters is 1. The highest BCUT2D eigenvalue weighted by Crippen LogP contribution is 2.40. The highest BCUT2D eigenvalue weighted by molar-refractivity contribution is 8.13. The summed E-state index contributed by atoms with van der Waals surface area (Å²) in [5.74, 6) is -0.443. The van der Waals surface area contributed by atoms with Crippen molar-refractivity contribution in [3.05, 3.63) is 50.6 Å². The minimum absolute atomic E-state index is 0.164. The minimum atomic E-state index is -0.443. The Morgan fingerprint density at radius 1 is 1.30 bits per heavy atom. The quantitative estimate of drug-likeness (QED) is 0.356. The maximum absolute atomic E-state index is 12.9. The molecule has 30 heavy (non-hydrogen) atoms. The van der Waals surface area contributed by atoms with Gasteiger partial charge in [-0.3, -0.25) is 14.2 Å². The fraction of sp³-hybridized carbons (Fsp3) is 0.333. The zero-order valence-corrected chi connectivity index (χ0v) is 18.3. The van der Waals surface area contributed by atoms with Gasteiger partial charge in [-0.2, -0.15) is 0 Å². The fourth-order valence-corrected chi connectivity index (χ4v) is 5.74. The lowest BCUT2D eigenvalue weighted by Gasteiger charge is -2.12. The Morgan fingerprint density at radius 2 is 2.10 bits per heavy atom. The molecule has 0 fully saturated rings. The van der Waals surface area contributed by atoms with Crippen LogP contribution in [0.15, 0.2) is 34.2 Å². The third kappa shape index (κ3) is 3.75. The fourth-order valence-electron chi connectivity index (χ4n) is 3.66. The van der Waals surface area contributed by atoms with Crippen molar-refractivity contribution in [3.8, 4) is 0 Å². The standard InChI is InChI=1S/C21H21N3O4S2/c1-3-11-24-18(25)12-7-4-5-9-14(12)22-20(24)30-21(27)23-17-16(19(26)28-2)13-8-6-10-15(13)29-17/h4-5,7,9H,3,6,8,10-11H2,1-2H3,(H,23,27). The lowest BCUT2D eigenvalue weighted by atomic mass is 10.1. The van der Waals surface area contributed by atoms with Crippen LogP contribution in [-0.2, 0) is 24.1 Å². The summed E-state index contributed by atoms with van der Waals surface area (Å²) in [6.07, 6.45) is 3.44. The number of carbonyl (C=O) groups excluding carboxylic acids is 2. The second-order valence-corrected chi connectivity index (χ2v) is 8.98. The first-order valence-corrected chi connectivity index (χ1v) is 11.4. The van der Waals surface area contributed by atoms with E-state index in [1.54, 1.807) is 18.2 Å². The molecule has 0 atom stereocenters. The monoisotopic (exact) mass is 443 g/mol. The number of nitrogens with one attached hydrogen (secondary N) is 1. The van der Waals surface area contributed by atoms with Gasteiger partial charge in [0.15, 0.2) is 5.16 Å². The largest absolute Gasteiger partial charge is 0.465 e. The van der Waals surface area contributed by atoms with Gasteiger partial charge in [0.2, 0.25) is 0 Å². The summed E-state index contributed by atoms with van der Waals surface area (Å²) in [6, 6.07) is 7.10. The molecular weight excluding hydrogens is 422 g/mol. The highest BCUT2D eigenvalue weighted by Gasteiger charge is 2.28. The first-order valence-electron chi connectivity index (χ1n) is 9.74. The molecule has 1 aliphatic carbocycles. The topological polar surface area (TPSA) is 90.3 Å². The number of aryl methyl sites for hydroxylation is 1. The number of aromatic nitrogens is 2. The zero-order chi connectivity index (χ0) is 21.3. The van der Waals surface area contributed by atoms with E-state index in [0.29, 0.717) is 33.2 Å². The van der Waals surface area contributed by atoms with Crippen molar-refractivity contribution in [3.63, 3.8) is 0 Å². The van der Waals surface area contributed by atoms with Crippen LogP contribution in [0.3, 0.4) is 0 Å². The van der Waals surface area contributed by atoms with Crippen LogP contribution in [0.4, 0.5) is 9.80 Å². The maximum Gasteiger partial charge on any atom is 0.341 e. The van der Waals surface area contributed by atoms with Crippen LogP contribution in [0.1, 0.15) is 40.6 Å². The van der Waals surface area contributed by atoms with E-state index in [9.17, 15) is 14.4 Å². The van der Waals surface area contributed by atoms with Gasteiger partial charge in [-0.05, 0) is 43.4 Å². The van der Waals surface area contributed by atoms with E-state index >= 15 is 0 Å². The van der Waals surface area contributed by atoms with Gasteiger partial charge >= 0.3 is 5.97 Å². The molecule has 1 aliphatic rings. The number of methoxy groups -OCH3 is 1. The van der Waals surface area contributed by atoms with Gasteiger partial charge in [0.05, 0.1) is 23.6 Å². The van der Waals surface area contributed by atoms with E-state index in [1.807, 2.05) is 13.0 Å². The predicted molar refractivity (Wildman–Crippen MR) is 119 cm³/mol. The molecule has 3 aromatic rings. The van der Waals surface area contributed by atoms with E-state index < -0.39 is 11.2 Å². The lowest BCUT2D eigenvalue weighted by molar-refractivity contribution is 0.0601. The molecule has 0 saturated heterocycles. The number of carbonyl (C=O) groups is 2. The van der Waals surface area contributed by atoms with Gasteiger partial charge in [0.25, 0.3) is 10.8 Å². The van der Waals surface area contributed by atoms with Crippen molar-refractivity contribution >= 4 is 50.2 Å². The molecule has 156 valence electrons. The number of ether oxygens (including phenoxy) is 1. The number of hydrogen-bond acceptors (Lipinski definition) is 7. The second-order valence-electron chi connectivity index (χ2n) is 6.94. The Hall–Kier alpha value is -2.65. The molecule has 1 N–H and O–H groups in total. The molecule has 0 spiro atoms. The third-order valence-corrected chi connectivity index (χ3v) is 6.97. The summed E-state index contributed by atoms with van der Waals surface area (Å²) in [7, 11) is 1.34. The van der Waals surface area contributed by atoms with E-state index in [1.165, 1.54) is 23.0 Å². The molecule has 1 aromatic carbocycles. The molecule has 4 rings (SSSR count). The number of thiophene rings is 1. The Balaban J connectivity index is 1.65. The lowest BCUT2D eigenvalue weighted by Crippen LogP contribution is -2.24. The summed E-state index contributed by atoms with van der Waals surface area (Å²) in [4.78, 5) is 43.6. The number of hydrogen-bond donors (Lipinski definition) is 1. The average Bonchev–Trinajstić information content (AvgIpc) is 3.31. The summed E-state index contributed by atoms with van der Waals surface area (Å²) < 4.78 is 6.46. The molecule has 0 saturated carbocycles. The van der Waals surface area contributed by atoms with Crippen molar-refractivity contribution < 1.29 is 14.3 Å². The molecule has 2 aromatic heterocycles. The highest BCUT2D eigenvalue weighted by atomic mass is 32.2. The van der Waals surface area contributed by atoms with Crippen molar-refractivity contribution in [1.82, 2.24) is 9.55 Å². The van der Waals surface area contributed by atoms with E-state index in [-0.39, 0.29) is 5.56 Å². The van der Waals surface area contributed by atoms with E-state index in [4.69, 9.17) is 4.74 Å². The molecule has 0 bridgehead atoms. The molecule has 7 nitrogen and oxygen atoms in total. The number of nitrogens with zero attached hydrogens (tertiary/aromatic N) is 2. The third-order valence-electron chi connectivity index (χ3n) is 4.98. The number of benzene rings is 1. The Labute approximate surface area is 181 Å². The molecule has 0 aliphatic heterocycles. The number of rotatable bonds is 5. The van der Waals surface area contributed by atoms with E-state index in [2.05, 4.69) is 10.3 Å². The van der Waals surface area contributed by atoms with Crippen LogP contribution in [-0.4, -0.2) is 27.9 Å². The molecule has 2 heterocycles. The number of thioether (sulfide) groups is 1. The van der Waals surface area contributed by atoms with Crippen molar-refractivity contribution in [2.45, 2.75) is 44.3 Å². The predicted octanol–water partition coefficient (Wildman–Crippen LogP) is 4.47. The molecule has 0 radical (unpaired) electrons. The van der Waals surface area contributed by atoms with Gasteiger partial charge < -0.3 is 10.1 Å². The SMILES string of the molecule is CCCn1c(SC(=O)Nc2sc3c(c2C(=O)OC)CCC3)nc2ccccc2c1=O. The van der Waals surface area contributed by atoms with Gasteiger partial charge in [-0.15, -0.1) is 11.3 Å². The molecule has 1 amide bonds. The number of fused-ring (bicyclic) bond motifs is 2. The van der Waals surface area contributed by atoms with Gasteiger partial charge in [-0.1, -0.05) is 19.1 Å². The van der Waals surface area contributed by atoms with Crippen LogP contribution in [0.25, 0.3) is 10.9 Å². The summed E-state index contributed by atoms with van der Waals surface area (Å²) >= 11 is 2.28. The van der Waals surface area contributed by atoms with Crippen molar-refractivity contribution in [2.75, 3.05) is 12.4 Å². The van der Waals surface area contributed by atoms with Crippen LogP contribution >= 0.6 is 23.1 Å². The minimum Gasteiger partial charge on any atom is -0.465 e. The number of anilines is 1. The second kappa shape index (κ2) is 8.61. The Kier molecular flexibility index (Phi) is 5.92. The van der Waals surface area contributed by atoms with E-state index in [0.717, 1.165) is 47.9 Å². The van der Waals surface area contributed by atoms with Crippen LogP contribution < -0.4 is 10.9 Å². The molecule has 0 unspecified atom stereocenters. The first-order chi connectivity index (χ1) is 14.5. The number of para-hydroxylation sites is 1. The molecular formula is C21H21N3O4S2. The van der Waals surface area contributed by atoms with Crippen molar-refractivity contribution in [2.24, 2.45) is 0 Å². The van der Waals surface area contributed by atoms with Gasteiger partial charge in [-0.25, -0.2) is 9.78 Å². The maximum atomic E-state index is 12.9. The smallest absolute Gasteiger partial charge is 0.341 e. The Bertz CT molecular complexity index is 1200. The van der Waals surface area contributed by atoms with Crippen LogP contribution in [0.2, 0.25) is 0 Å². The van der Waals surface area contributed by atoms with Crippen LogP contribution in [0.5, 0.6) is 0 Å². The van der Waals surface area contributed by atoms with Gasteiger partial charge in [0, 0.05) is 23.2 Å². The van der Waals surface area contributed by atoms with Crippen molar-refractivity contribution in [1.29, 1.82) is 0 Å². The van der Waals surface area contributed by atoms with Crippen LogP contribution in [0, 0.1) is 0 Å². The normalized spacial score (nSPS) is 12.7. The Morgan fingerprint density at radius 3 is 2.87 bits per heavy atom. The zero-order valence-electron chi connectivity index (χ0n) is 16.7. The summed E-state index contributed by atoms with van der Waals surface area (Å²) in [6.45, 7) is 2.43. The summed E-state index contributed by atoms with van der Waals surface area (Å²) in [5, 5.41) is 3.79. The number of amides is 1. The van der Waals surface area contributed by atoms with Gasteiger partial charge in [0.1, 0.15) is 5.00 Å².